The zero-order valence-corrected chi connectivity index (χ0v) is 16.4. The number of aryl methyl sites for hydroxylation is 1. The van der Waals surface area contributed by atoms with Gasteiger partial charge in [0.05, 0.1) is 6.54 Å². The van der Waals surface area contributed by atoms with Gasteiger partial charge in [-0.15, -0.1) is 0 Å². The van der Waals surface area contributed by atoms with Crippen LogP contribution >= 0.6 is 0 Å². The van der Waals surface area contributed by atoms with Gasteiger partial charge in [0.1, 0.15) is 6.04 Å². The Labute approximate surface area is 165 Å². The number of rotatable bonds is 2. The summed E-state index contributed by atoms with van der Waals surface area (Å²) in [6.45, 7) is 3.26. The van der Waals surface area contributed by atoms with Crippen molar-refractivity contribution in [2.24, 2.45) is 0 Å². The van der Waals surface area contributed by atoms with Gasteiger partial charge in [-0.05, 0) is 37.8 Å². The number of urea groups is 2. The molecule has 1 atom stereocenters. The number of anilines is 1. The van der Waals surface area contributed by atoms with Gasteiger partial charge in [0, 0.05) is 24.8 Å². The third kappa shape index (κ3) is 3.45. The van der Waals surface area contributed by atoms with Gasteiger partial charge in [0.2, 0.25) is 0 Å². The smallest absolute Gasteiger partial charge is 0.322 e. The number of amides is 5. The molecule has 0 radical (unpaired) electrons. The third-order valence-corrected chi connectivity index (χ3v) is 6.18. The van der Waals surface area contributed by atoms with Crippen LogP contribution in [0.4, 0.5) is 15.3 Å². The van der Waals surface area contributed by atoms with E-state index >= 15 is 0 Å². The number of hydrogen-bond acceptors (Lipinski definition) is 3. The SMILES string of the molecule is Cc1ccccc1NC(=O)N1CCCN2C(=O)N(C3CCCCC3)C(=O)C2C1. The van der Waals surface area contributed by atoms with Crippen LogP contribution in [-0.4, -0.2) is 64.4 Å². The molecule has 5 amide bonds. The lowest BCUT2D eigenvalue weighted by atomic mass is 9.94. The first-order valence-corrected chi connectivity index (χ1v) is 10.3. The number of benzene rings is 1. The molecule has 1 aliphatic carbocycles. The summed E-state index contributed by atoms with van der Waals surface area (Å²) < 4.78 is 0. The largest absolute Gasteiger partial charge is 0.327 e. The summed E-state index contributed by atoms with van der Waals surface area (Å²) in [7, 11) is 0. The topological polar surface area (TPSA) is 73.0 Å². The molecule has 7 heteroatoms. The van der Waals surface area contributed by atoms with Crippen molar-refractivity contribution in [3.8, 4) is 0 Å². The second kappa shape index (κ2) is 7.81. The van der Waals surface area contributed by atoms with Crippen LogP contribution in [0.5, 0.6) is 0 Å². The van der Waals surface area contributed by atoms with Crippen molar-refractivity contribution in [2.75, 3.05) is 25.0 Å². The van der Waals surface area contributed by atoms with Crippen molar-refractivity contribution in [1.29, 1.82) is 0 Å². The zero-order valence-electron chi connectivity index (χ0n) is 16.4. The molecule has 150 valence electrons. The van der Waals surface area contributed by atoms with Crippen molar-refractivity contribution in [3.05, 3.63) is 29.8 Å². The summed E-state index contributed by atoms with van der Waals surface area (Å²) in [5, 5.41) is 2.95. The molecule has 0 aromatic heterocycles. The van der Waals surface area contributed by atoms with E-state index in [0.29, 0.717) is 19.5 Å². The molecule has 2 saturated heterocycles. The molecule has 2 heterocycles. The summed E-state index contributed by atoms with van der Waals surface area (Å²) in [5.74, 6) is -0.132. The maximum absolute atomic E-state index is 13.1. The quantitative estimate of drug-likeness (QED) is 0.796. The number of imide groups is 1. The fourth-order valence-corrected chi connectivity index (χ4v) is 4.59. The molecular weight excluding hydrogens is 356 g/mol. The van der Waals surface area contributed by atoms with E-state index in [4.69, 9.17) is 0 Å². The Hall–Kier alpha value is -2.57. The molecule has 0 bridgehead atoms. The Morgan fingerprint density at radius 2 is 1.79 bits per heavy atom. The van der Waals surface area contributed by atoms with Crippen molar-refractivity contribution in [3.63, 3.8) is 0 Å². The van der Waals surface area contributed by atoms with Crippen LogP contribution in [0.15, 0.2) is 24.3 Å². The van der Waals surface area contributed by atoms with Crippen molar-refractivity contribution in [1.82, 2.24) is 14.7 Å². The maximum Gasteiger partial charge on any atom is 0.327 e. The molecule has 1 N–H and O–H groups in total. The minimum atomic E-state index is -0.556. The zero-order chi connectivity index (χ0) is 19.7. The molecule has 2 aliphatic heterocycles. The summed E-state index contributed by atoms with van der Waals surface area (Å²) in [5.41, 5.74) is 1.76. The van der Waals surface area contributed by atoms with Crippen molar-refractivity contribution in [2.45, 2.75) is 57.5 Å². The van der Waals surface area contributed by atoms with E-state index in [-0.39, 0.29) is 30.6 Å². The van der Waals surface area contributed by atoms with Gasteiger partial charge >= 0.3 is 12.1 Å². The molecule has 3 fully saturated rings. The van der Waals surface area contributed by atoms with Gasteiger partial charge in [-0.1, -0.05) is 37.5 Å². The summed E-state index contributed by atoms with van der Waals surface area (Å²) in [6.07, 6.45) is 5.78. The molecule has 4 rings (SSSR count). The molecular formula is C21H28N4O3. The lowest BCUT2D eigenvalue weighted by Gasteiger charge is -2.29. The molecule has 3 aliphatic rings. The molecule has 1 unspecified atom stereocenters. The Morgan fingerprint density at radius 3 is 2.54 bits per heavy atom. The second-order valence-corrected chi connectivity index (χ2v) is 8.04. The predicted octanol–water partition coefficient (Wildman–Crippen LogP) is 3.20. The lowest BCUT2D eigenvalue weighted by Crippen LogP contribution is -2.46. The minimum absolute atomic E-state index is 0.0231. The van der Waals surface area contributed by atoms with Gasteiger partial charge in [-0.2, -0.15) is 0 Å². The molecule has 1 saturated carbocycles. The van der Waals surface area contributed by atoms with Crippen molar-refractivity contribution < 1.29 is 14.4 Å². The number of para-hydroxylation sites is 1. The number of hydrogen-bond donors (Lipinski definition) is 1. The Kier molecular flexibility index (Phi) is 5.24. The normalized spacial score (nSPS) is 23.6. The fraction of sp³-hybridized carbons (Fsp3) is 0.571. The number of carbonyl (C=O) groups is 3. The number of fused-ring (bicyclic) bond motifs is 1. The van der Waals surface area contributed by atoms with E-state index < -0.39 is 6.04 Å². The standard InChI is InChI=1S/C21H28N4O3/c1-15-8-5-6-11-17(15)22-20(27)23-12-7-13-24-18(14-23)19(26)25(21(24)28)16-9-3-2-4-10-16/h5-6,8,11,16,18H,2-4,7,9-10,12-14H2,1H3,(H,22,27). The average Bonchev–Trinajstić information content (AvgIpc) is 2.86. The molecule has 1 aromatic carbocycles. The van der Waals surface area contributed by atoms with Crippen LogP contribution in [0, 0.1) is 6.92 Å². The van der Waals surface area contributed by atoms with Crippen LogP contribution in [0.1, 0.15) is 44.1 Å². The van der Waals surface area contributed by atoms with Gasteiger partial charge in [-0.3, -0.25) is 9.69 Å². The number of carbonyl (C=O) groups excluding carboxylic acids is 3. The van der Waals surface area contributed by atoms with Gasteiger partial charge < -0.3 is 15.1 Å². The van der Waals surface area contributed by atoms with E-state index in [2.05, 4.69) is 5.32 Å². The predicted molar refractivity (Wildman–Crippen MR) is 106 cm³/mol. The molecule has 0 spiro atoms. The van der Waals surface area contributed by atoms with Crippen LogP contribution in [0.25, 0.3) is 0 Å². The van der Waals surface area contributed by atoms with E-state index in [1.807, 2.05) is 31.2 Å². The van der Waals surface area contributed by atoms with Crippen LogP contribution in [-0.2, 0) is 4.79 Å². The Balaban J connectivity index is 1.48. The molecule has 28 heavy (non-hydrogen) atoms. The summed E-state index contributed by atoms with van der Waals surface area (Å²) in [6, 6.07) is 6.71. The highest BCUT2D eigenvalue weighted by Gasteiger charge is 2.49. The highest BCUT2D eigenvalue weighted by molar-refractivity contribution is 6.05. The fourth-order valence-electron chi connectivity index (χ4n) is 4.59. The van der Waals surface area contributed by atoms with Gasteiger partial charge in [0.25, 0.3) is 5.91 Å². The monoisotopic (exact) mass is 384 g/mol. The minimum Gasteiger partial charge on any atom is -0.322 e. The summed E-state index contributed by atoms with van der Waals surface area (Å²) >= 11 is 0. The molecule has 1 aromatic rings. The third-order valence-electron chi connectivity index (χ3n) is 6.18. The van der Waals surface area contributed by atoms with E-state index in [1.165, 1.54) is 11.3 Å². The Morgan fingerprint density at radius 1 is 1.04 bits per heavy atom. The van der Waals surface area contributed by atoms with Crippen LogP contribution < -0.4 is 5.32 Å². The van der Waals surface area contributed by atoms with Crippen molar-refractivity contribution >= 4 is 23.7 Å². The van der Waals surface area contributed by atoms with Gasteiger partial charge in [0.15, 0.2) is 0 Å². The summed E-state index contributed by atoms with van der Waals surface area (Å²) in [4.78, 5) is 43.7. The molecule has 7 nitrogen and oxygen atoms in total. The van der Waals surface area contributed by atoms with Crippen LogP contribution in [0.3, 0.4) is 0 Å². The maximum atomic E-state index is 13.1. The second-order valence-electron chi connectivity index (χ2n) is 8.04. The highest BCUT2D eigenvalue weighted by atomic mass is 16.2. The average molecular weight is 384 g/mol. The number of nitrogens with zero attached hydrogens (tertiary/aromatic N) is 3. The lowest BCUT2D eigenvalue weighted by molar-refractivity contribution is -0.130. The van der Waals surface area contributed by atoms with E-state index in [9.17, 15) is 14.4 Å². The Bertz CT molecular complexity index is 775. The first-order chi connectivity index (χ1) is 13.6. The first-order valence-electron chi connectivity index (χ1n) is 10.3. The van der Waals surface area contributed by atoms with E-state index in [1.54, 1.807) is 9.80 Å². The number of nitrogens with one attached hydrogen (secondary N) is 1. The van der Waals surface area contributed by atoms with Crippen LogP contribution in [0.2, 0.25) is 0 Å². The first kappa shape index (κ1) is 18.8. The van der Waals surface area contributed by atoms with Gasteiger partial charge in [-0.25, -0.2) is 9.59 Å². The van der Waals surface area contributed by atoms with E-state index in [0.717, 1.165) is 36.9 Å². The highest BCUT2D eigenvalue weighted by Crippen LogP contribution is 2.30.